The van der Waals surface area contributed by atoms with Crippen molar-refractivity contribution >= 4 is 45.6 Å². The molecule has 1 saturated heterocycles. The zero-order valence-electron chi connectivity index (χ0n) is 14.8. The molecule has 140 valence electrons. The summed E-state index contributed by atoms with van der Waals surface area (Å²) in [5, 5.41) is 3.38. The van der Waals surface area contributed by atoms with Crippen LogP contribution < -0.4 is 10.0 Å². The second kappa shape index (κ2) is 8.11. The number of halogens is 1. The van der Waals surface area contributed by atoms with Crippen molar-refractivity contribution < 1.29 is 8.42 Å². The number of para-hydroxylation sites is 1. The summed E-state index contributed by atoms with van der Waals surface area (Å²) in [6.45, 7) is 2.66. The Morgan fingerprint density at radius 3 is 2.56 bits per heavy atom. The standard InChI is InChI=1S/C17H26N4O2S.HI/c1-18-16(21-11-10-17(13-21)8-5-9-17)19-12-14-6-3-4-7-15(14)20-24(2,22)23;/h3-4,6-7,20H,5,8-13H2,1-2H3,(H,18,19);1H. The maximum atomic E-state index is 11.5. The van der Waals surface area contributed by atoms with Gasteiger partial charge in [0.2, 0.25) is 10.0 Å². The number of sulfonamides is 1. The number of benzene rings is 1. The van der Waals surface area contributed by atoms with Gasteiger partial charge >= 0.3 is 0 Å². The number of nitrogens with zero attached hydrogens (tertiary/aromatic N) is 2. The summed E-state index contributed by atoms with van der Waals surface area (Å²) in [6.07, 6.45) is 6.44. The van der Waals surface area contributed by atoms with Crippen LogP contribution in [0.3, 0.4) is 0 Å². The number of hydrogen-bond acceptors (Lipinski definition) is 3. The molecule has 25 heavy (non-hydrogen) atoms. The summed E-state index contributed by atoms with van der Waals surface area (Å²) in [7, 11) is -1.49. The van der Waals surface area contributed by atoms with Gasteiger partial charge < -0.3 is 10.2 Å². The van der Waals surface area contributed by atoms with Crippen molar-refractivity contribution in [3.05, 3.63) is 29.8 Å². The van der Waals surface area contributed by atoms with Gasteiger partial charge in [-0.05, 0) is 36.3 Å². The van der Waals surface area contributed by atoms with Crippen LogP contribution in [0.2, 0.25) is 0 Å². The topological polar surface area (TPSA) is 73.8 Å². The molecule has 1 aromatic rings. The Morgan fingerprint density at radius 2 is 2.00 bits per heavy atom. The predicted molar refractivity (Wildman–Crippen MR) is 113 cm³/mol. The van der Waals surface area contributed by atoms with Gasteiger partial charge in [0.15, 0.2) is 5.96 Å². The van der Waals surface area contributed by atoms with Crippen molar-refractivity contribution in [2.75, 3.05) is 31.1 Å². The quantitative estimate of drug-likeness (QED) is 0.397. The van der Waals surface area contributed by atoms with Gasteiger partial charge in [-0.25, -0.2) is 8.42 Å². The molecule has 1 aromatic carbocycles. The molecule has 1 spiro atoms. The van der Waals surface area contributed by atoms with E-state index in [-0.39, 0.29) is 24.0 Å². The van der Waals surface area contributed by atoms with E-state index in [1.807, 2.05) is 18.2 Å². The third-order valence-corrected chi connectivity index (χ3v) is 5.70. The van der Waals surface area contributed by atoms with Crippen LogP contribution in [0, 0.1) is 5.41 Å². The van der Waals surface area contributed by atoms with Gasteiger partial charge in [-0.3, -0.25) is 9.71 Å². The number of likely N-dealkylation sites (tertiary alicyclic amines) is 1. The Morgan fingerprint density at radius 1 is 1.28 bits per heavy atom. The minimum absolute atomic E-state index is 0. The Bertz CT molecular complexity index is 732. The van der Waals surface area contributed by atoms with Gasteiger partial charge in [-0.15, -0.1) is 24.0 Å². The molecule has 6 nitrogen and oxygen atoms in total. The molecule has 0 bridgehead atoms. The summed E-state index contributed by atoms with van der Waals surface area (Å²) in [5.41, 5.74) is 2.04. The summed E-state index contributed by atoms with van der Waals surface area (Å²) in [6, 6.07) is 7.43. The van der Waals surface area contributed by atoms with E-state index in [4.69, 9.17) is 0 Å². The lowest BCUT2D eigenvalue weighted by molar-refractivity contribution is 0.151. The molecule has 8 heteroatoms. The lowest BCUT2D eigenvalue weighted by Crippen LogP contribution is -2.42. The van der Waals surface area contributed by atoms with Gasteiger partial charge in [0.25, 0.3) is 0 Å². The van der Waals surface area contributed by atoms with Gasteiger partial charge in [-0.2, -0.15) is 0 Å². The highest BCUT2D eigenvalue weighted by molar-refractivity contribution is 14.0. The van der Waals surface area contributed by atoms with Crippen LogP contribution in [-0.4, -0.2) is 45.7 Å². The van der Waals surface area contributed by atoms with E-state index in [1.165, 1.54) is 31.9 Å². The van der Waals surface area contributed by atoms with Crippen LogP contribution in [0.15, 0.2) is 29.3 Å². The van der Waals surface area contributed by atoms with E-state index in [2.05, 4.69) is 19.9 Å². The molecule has 2 aliphatic rings. The van der Waals surface area contributed by atoms with Gasteiger partial charge in [0.05, 0.1) is 11.9 Å². The summed E-state index contributed by atoms with van der Waals surface area (Å²) >= 11 is 0. The maximum Gasteiger partial charge on any atom is 0.229 e. The van der Waals surface area contributed by atoms with Gasteiger partial charge in [0, 0.05) is 26.7 Å². The van der Waals surface area contributed by atoms with Crippen molar-refractivity contribution in [2.24, 2.45) is 10.4 Å². The SMILES string of the molecule is CN=C(NCc1ccccc1NS(C)(=O)=O)N1CCC2(CCC2)C1.I. The normalized spacial score (nSPS) is 19.3. The van der Waals surface area contributed by atoms with E-state index < -0.39 is 10.0 Å². The summed E-state index contributed by atoms with van der Waals surface area (Å²) in [4.78, 5) is 6.73. The molecule has 1 saturated carbocycles. The molecular formula is C17H27IN4O2S. The average Bonchev–Trinajstić information content (AvgIpc) is 2.94. The highest BCUT2D eigenvalue weighted by atomic mass is 127. The molecule has 0 amide bonds. The largest absolute Gasteiger partial charge is 0.352 e. The van der Waals surface area contributed by atoms with Crippen LogP contribution >= 0.6 is 24.0 Å². The fraction of sp³-hybridized carbons (Fsp3) is 0.588. The average molecular weight is 478 g/mol. The molecule has 1 heterocycles. The molecular weight excluding hydrogens is 451 g/mol. The van der Waals surface area contributed by atoms with Crippen LogP contribution in [0.5, 0.6) is 0 Å². The Kier molecular flexibility index (Phi) is 6.58. The molecule has 1 aliphatic heterocycles. The minimum Gasteiger partial charge on any atom is -0.352 e. The third kappa shape index (κ3) is 4.99. The maximum absolute atomic E-state index is 11.5. The van der Waals surface area contributed by atoms with E-state index >= 15 is 0 Å². The van der Waals surface area contributed by atoms with Gasteiger partial charge in [0.1, 0.15) is 0 Å². The zero-order valence-corrected chi connectivity index (χ0v) is 17.9. The lowest BCUT2D eigenvalue weighted by atomic mass is 9.68. The Hall–Kier alpha value is -1.03. The van der Waals surface area contributed by atoms with E-state index in [0.29, 0.717) is 17.6 Å². The Labute approximate surface area is 167 Å². The highest BCUT2D eigenvalue weighted by Gasteiger charge is 2.43. The van der Waals surface area contributed by atoms with E-state index in [1.54, 1.807) is 13.1 Å². The lowest BCUT2D eigenvalue weighted by Gasteiger charge is -2.38. The molecule has 2 N–H and O–H groups in total. The second-order valence-corrected chi connectivity index (χ2v) is 8.71. The van der Waals surface area contributed by atoms with E-state index in [9.17, 15) is 8.42 Å². The fourth-order valence-electron chi connectivity index (χ4n) is 3.68. The molecule has 2 fully saturated rings. The number of rotatable bonds is 4. The number of nitrogens with one attached hydrogen (secondary N) is 2. The fourth-order valence-corrected chi connectivity index (χ4v) is 4.28. The van der Waals surface area contributed by atoms with Crippen molar-refractivity contribution in [3.63, 3.8) is 0 Å². The molecule has 0 atom stereocenters. The number of anilines is 1. The van der Waals surface area contributed by atoms with Crippen LogP contribution in [0.4, 0.5) is 5.69 Å². The summed E-state index contributed by atoms with van der Waals surface area (Å²) < 4.78 is 25.6. The molecule has 0 radical (unpaired) electrons. The van der Waals surface area contributed by atoms with Crippen molar-refractivity contribution in [1.82, 2.24) is 10.2 Å². The Balaban J connectivity index is 0.00000225. The number of aliphatic imine (C=N–C) groups is 1. The molecule has 0 aromatic heterocycles. The van der Waals surface area contributed by atoms with Crippen molar-refractivity contribution in [2.45, 2.75) is 32.2 Å². The zero-order chi connectivity index (χ0) is 17.2. The number of hydrogen-bond donors (Lipinski definition) is 2. The second-order valence-electron chi connectivity index (χ2n) is 6.96. The molecule has 3 rings (SSSR count). The third-order valence-electron chi connectivity index (χ3n) is 5.11. The minimum atomic E-state index is -3.29. The monoisotopic (exact) mass is 478 g/mol. The van der Waals surface area contributed by atoms with Gasteiger partial charge in [-0.1, -0.05) is 24.6 Å². The first kappa shape index (κ1) is 20.3. The number of guanidine groups is 1. The van der Waals surface area contributed by atoms with Crippen molar-refractivity contribution in [1.29, 1.82) is 0 Å². The van der Waals surface area contributed by atoms with Crippen LogP contribution in [-0.2, 0) is 16.6 Å². The first-order valence-corrected chi connectivity index (χ1v) is 10.3. The van der Waals surface area contributed by atoms with Crippen LogP contribution in [0.25, 0.3) is 0 Å². The van der Waals surface area contributed by atoms with E-state index in [0.717, 1.165) is 24.6 Å². The smallest absolute Gasteiger partial charge is 0.229 e. The first-order chi connectivity index (χ1) is 11.4. The highest BCUT2D eigenvalue weighted by Crippen LogP contribution is 2.47. The predicted octanol–water partition coefficient (Wildman–Crippen LogP) is 2.63. The van der Waals surface area contributed by atoms with Crippen molar-refractivity contribution in [3.8, 4) is 0 Å². The first-order valence-electron chi connectivity index (χ1n) is 8.42. The van der Waals surface area contributed by atoms with Crippen LogP contribution in [0.1, 0.15) is 31.2 Å². The summed E-state index contributed by atoms with van der Waals surface area (Å²) in [5.74, 6) is 0.896. The molecule has 0 unspecified atom stereocenters. The molecule has 1 aliphatic carbocycles.